The van der Waals surface area contributed by atoms with E-state index in [9.17, 15) is 4.79 Å². The summed E-state index contributed by atoms with van der Waals surface area (Å²) in [5, 5.41) is 7.12. The van der Waals surface area contributed by atoms with Crippen molar-refractivity contribution < 1.29 is 9.53 Å². The molecule has 1 N–H and O–H groups in total. The molecule has 0 spiro atoms. The summed E-state index contributed by atoms with van der Waals surface area (Å²) >= 11 is 0. The first-order valence-corrected chi connectivity index (χ1v) is 8.97. The van der Waals surface area contributed by atoms with Crippen LogP contribution >= 0.6 is 0 Å². The largest absolute Gasteiger partial charge is 0.471 e. The molecule has 0 fully saturated rings. The average Bonchev–Trinajstić information content (AvgIpc) is 3.28. The van der Waals surface area contributed by atoms with Crippen molar-refractivity contribution in [3.8, 4) is 5.75 Å². The van der Waals surface area contributed by atoms with Crippen molar-refractivity contribution in [2.75, 3.05) is 5.32 Å². The molecule has 4 rings (SSSR count). The standard InChI is InChI=1S/C21H21N5O2/c1-14-8-9-15(2)19(12-14)28-13-26-11-10-17(24-26)20(27)23-21-22-16-6-4-5-7-18(16)25(21)3/h4-12H,13H2,1-3H3,(H,22,23,27). The first-order valence-electron chi connectivity index (χ1n) is 8.97. The number of aromatic nitrogens is 4. The van der Waals surface area contributed by atoms with Gasteiger partial charge in [0.1, 0.15) is 5.75 Å². The Morgan fingerprint density at radius 2 is 1.96 bits per heavy atom. The zero-order valence-electron chi connectivity index (χ0n) is 16.0. The number of nitrogens with one attached hydrogen (secondary N) is 1. The number of rotatable bonds is 5. The molecule has 2 heterocycles. The summed E-state index contributed by atoms with van der Waals surface area (Å²) < 4.78 is 9.26. The van der Waals surface area contributed by atoms with Crippen molar-refractivity contribution in [2.45, 2.75) is 20.6 Å². The van der Waals surface area contributed by atoms with Crippen LogP contribution in [0.2, 0.25) is 0 Å². The topological polar surface area (TPSA) is 74.0 Å². The molecule has 28 heavy (non-hydrogen) atoms. The van der Waals surface area contributed by atoms with Crippen LogP contribution in [0.5, 0.6) is 5.75 Å². The van der Waals surface area contributed by atoms with Crippen LogP contribution in [0.3, 0.4) is 0 Å². The highest BCUT2D eigenvalue weighted by Gasteiger charge is 2.14. The van der Waals surface area contributed by atoms with Gasteiger partial charge in [0.15, 0.2) is 12.4 Å². The van der Waals surface area contributed by atoms with Gasteiger partial charge in [0.2, 0.25) is 5.95 Å². The lowest BCUT2D eigenvalue weighted by atomic mass is 10.1. The Hall–Kier alpha value is -3.61. The van der Waals surface area contributed by atoms with Gasteiger partial charge in [-0.25, -0.2) is 9.67 Å². The molecule has 2 aromatic carbocycles. The van der Waals surface area contributed by atoms with E-state index in [1.807, 2.05) is 67.9 Å². The Morgan fingerprint density at radius 1 is 1.14 bits per heavy atom. The molecule has 4 aromatic rings. The number of ether oxygens (including phenoxy) is 1. The van der Waals surface area contributed by atoms with Crippen LogP contribution in [0.15, 0.2) is 54.7 Å². The summed E-state index contributed by atoms with van der Waals surface area (Å²) in [6.45, 7) is 4.24. The number of anilines is 1. The number of carbonyl (C=O) groups excluding carboxylic acids is 1. The molecular weight excluding hydrogens is 354 g/mol. The van der Waals surface area contributed by atoms with E-state index in [0.717, 1.165) is 27.9 Å². The summed E-state index contributed by atoms with van der Waals surface area (Å²) in [5.41, 5.74) is 4.26. The lowest BCUT2D eigenvalue weighted by Crippen LogP contribution is -2.16. The van der Waals surface area contributed by atoms with Crippen LogP contribution in [0.25, 0.3) is 11.0 Å². The molecule has 7 nitrogen and oxygen atoms in total. The van der Waals surface area contributed by atoms with Gasteiger partial charge < -0.3 is 9.30 Å². The van der Waals surface area contributed by atoms with Crippen LogP contribution in [0.1, 0.15) is 21.6 Å². The van der Waals surface area contributed by atoms with E-state index in [4.69, 9.17) is 4.74 Å². The number of hydrogen-bond donors (Lipinski definition) is 1. The SMILES string of the molecule is Cc1ccc(C)c(OCn2ccc(C(=O)Nc3nc4ccccc4n3C)n2)c1. The van der Waals surface area contributed by atoms with Crippen molar-refractivity contribution >= 4 is 22.9 Å². The first kappa shape index (κ1) is 17.8. The molecule has 2 aromatic heterocycles. The maximum Gasteiger partial charge on any atom is 0.278 e. The molecule has 0 saturated carbocycles. The smallest absolute Gasteiger partial charge is 0.278 e. The van der Waals surface area contributed by atoms with Gasteiger partial charge in [-0.15, -0.1) is 0 Å². The Morgan fingerprint density at radius 3 is 2.79 bits per heavy atom. The normalized spacial score (nSPS) is 11.0. The van der Waals surface area contributed by atoms with Gasteiger partial charge >= 0.3 is 0 Å². The van der Waals surface area contributed by atoms with Crippen molar-refractivity contribution in [1.82, 2.24) is 19.3 Å². The fourth-order valence-electron chi connectivity index (χ4n) is 2.98. The van der Waals surface area contributed by atoms with Crippen LogP contribution in [-0.4, -0.2) is 25.2 Å². The maximum atomic E-state index is 12.5. The molecule has 0 bridgehead atoms. The molecule has 142 valence electrons. The predicted octanol–water partition coefficient (Wildman–Crippen LogP) is 3.68. The molecule has 0 unspecified atom stereocenters. The summed E-state index contributed by atoms with van der Waals surface area (Å²) in [6, 6.07) is 15.4. The van der Waals surface area contributed by atoms with Gasteiger partial charge in [0.25, 0.3) is 5.91 Å². The highest BCUT2D eigenvalue weighted by atomic mass is 16.5. The average molecular weight is 375 g/mol. The zero-order valence-corrected chi connectivity index (χ0v) is 16.0. The molecule has 0 aliphatic rings. The predicted molar refractivity (Wildman–Crippen MR) is 107 cm³/mol. The number of nitrogens with zero attached hydrogens (tertiary/aromatic N) is 4. The number of aryl methyl sites for hydroxylation is 3. The number of fused-ring (bicyclic) bond motifs is 1. The van der Waals surface area contributed by atoms with E-state index in [0.29, 0.717) is 11.6 Å². The minimum atomic E-state index is -0.316. The number of para-hydroxylation sites is 2. The van der Waals surface area contributed by atoms with Gasteiger partial charge in [-0.05, 0) is 49.2 Å². The number of imidazole rings is 1. The van der Waals surface area contributed by atoms with Crippen LogP contribution in [-0.2, 0) is 13.8 Å². The van der Waals surface area contributed by atoms with Gasteiger partial charge in [0, 0.05) is 13.2 Å². The molecule has 0 atom stereocenters. The summed E-state index contributed by atoms with van der Waals surface area (Å²) in [4.78, 5) is 17.0. The zero-order chi connectivity index (χ0) is 19.7. The first-order chi connectivity index (χ1) is 13.5. The van der Waals surface area contributed by atoms with E-state index in [-0.39, 0.29) is 12.6 Å². The second-order valence-corrected chi connectivity index (χ2v) is 6.72. The fourth-order valence-corrected chi connectivity index (χ4v) is 2.98. The molecule has 0 radical (unpaired) electrons. The Labute approximate surface area is 162 Å². The van der Waals surface area contributed by atoms with Crippen molar-refractivity contribution in [1.29, 1.82) is 0 Å². The van der Waals surface area contributed by atoms with Gasteiger partial charge in [-0.3, -0.25) is 10.1 Å². The van der Waals surface area contributed by atoms with E-state index in [2.05, 4.69) is 15.4 Å². The third kappa shape index (κ3) is 3.46. The quantitative estimate of drug-likeness (QED) is 0.577. The lowest BCUT2D eigenvalue weighted by Gasteiger charge is -2.09. The number of hydrogen-bond acceptors (Lipinski definition) is 4. The second kappa shape index (κ2) is 7.19. The minimum absolute atomic E-state index is 0.226. The fraction of sp³-hybridized carbons (Fsp3) is 0.190. The summed E-state index contributed by atoms with van der Waals surface area (Å²) in [6.07, 6.45) is 1.72. The van der Waals surface area contributed by atoms with Crippen molar-refractivity contribution in [2.24, 2.45) is 7.05 Å². The van der Waals surface area contributed by atoms with Gasteiger partial charge in [0.05, 0.1) is 11.0 Å². The monoisotopic (exact) mass is 375 g/mol. The highest BCUT2D eigenvalue weighted by Crippen LogP contribution is 2.20. The van der Waals surface area contributed by atoms with Crippen LogP contribution in [0, 0.1) is 13.8 Å². The molecule has 1 amide bonds. The molecular formula is C21H21N5O2. The maximum absolute atomic E-state index is 12.5. The highest BCUT2D eigenvalue weighted by molar-refractivity contribution is 6.02. The third-order valence-corrected chi connectivity index (χ3v) is 4.58. The Bertz CT molecular complexity index is 1160. The molecule has 0 aliphatic heterocycles. The van der Waals surface area contributed by atoms with E-state index >= 15 is 0 Å². The lowest BCUT2D eigenvalue weighted by molar-refractivity contribution is 0.101. The van der Waals surface area contributed by atoms with Crippen LogP contribution in [0.4, 0.5) is 5.95 Å². The Kier molecular flexibility index (Phi) is 4.57. The molecule has 0 aliphatic carbocycles. The second-order valence-electron chi connectivity index (χ2n) is 6.72. The molecule has 7 heteroatoms. The minimum Gasteiger partial charge on any atom is -0.471 e. The number of amides is 1. The van der Waals surface area contributed by atoms with E-state index in [1.165, 1.54) is 0 Å². The van der Waals surface area contributed by atoms with Crippen LogP contribution < -0.4 is 10.1 Å². The van der Waals surface area contributed by atoms with Crippen molar-refractivity contribution in [3.05, 3.63) is 71.5 Å². The third-order valence-electron chi connectivity index (χ3n) is 4.58. The van der Waals surface area contributed by atoms with Gasteiger partial charge in [-0.2, -0.15) is 5.10 Å². The molecule has 0 saturated heterocycles. The van der Waals surface area contributed by atoms with Gasteiger partial charge in [-0.1, -0.05) is 24.3 Å². The number of carbonyl (C=O) groups is 1. The van der Waals surface area contributed by atoms with E-state index in [1.54, 1.807) is 16.9 Å². The Balaban J connectivity index is 1.45. The summed E-state index contributed by atoms with van der Waals surface area (Å²) in [5.74, 6) is 0.970. The summed E-state index contributed by atoms with van der Waals surface area (Å²) in [7, 11) is 1.86. The van der Waals surface area contributed by atoms with E-state index < -0.39 is 0 Å². The number of benzene rings is 2. The van der Waals surface area contributed by atoms with Crippen molar-refractivity contribution in [3.63, 3.8) is 0 Å².